The van der Waals surface area contributed by atoms with Gasteiger partial charge in [-0.1, -0.05) is 6.92 Å². The van der Waals surface area contributed by atoms with Gasteiger partial charge in [-0.2, -0.15) is 0 Å². The predicted octanol–water partition coefficient (Wildman–Crippen LogP) is 0.463. The van der Waals surface area contributed by atoms with Gasteiger partial charge in [0, 0.05) is 13.2 Å². The fraction of sp³-hybridized carbons (Fsp3) is 0.909. The lowest BCUT2D eigenvalue weighted by molar-refractivity contribution is -0.176. The highest BCUT2D eigenvalue weighted by atomic mass is 28.1. The van der Waals surface area contributed by atoms with E-state index in [4.69, 9.17) is 14.2 Å². The van der Waals surface area contributed by atoms with Crippen molar-refractivity contribution in [1.82, 2.24) is 0 Å². The molecule has 0 aliphatic rings. The fourth-order valence-electron chi connectivity index (χ4n) is 1.73. The molecule has 0 spiro atoms. The van der Waals surface area contributed by atoms with Crippen molar-refractivity contribution in [2.75, 3.05) is 19.8 Å². The van der Waals surface area contributed by atoms with E-state index in [0.29, 0.717) is 30.1 Å². The zero-order chi connectivity index (χ0) is 12.6. The Balaban J connectivity index is 4.81. The van der Waals surface area contributed by atoms with Gasteiger partial charge in [0.1, 0.15) is 0 Å². The molecular weight excluding hydrogens is 224 g/mol. The predicted molar refractivity (Wildman–Crippen MR) is 66.6 cm³/mol. The van der Waals surface area contributed by atoms with Gasteiger partial charge in [-0.05, 0) is 27.2 Å². The van der Waals surface area contributed by atoms with Gasteiger partial charge < -0.3 is 14.2 Å². The molecule has 0 aliphatic heterocycles. The lowest BCUT2D eigenvalue weighted by Crippen LogP contribution is -2.54. The highest BCUT2D eigenvalue weighted by molar-refractivity contribution is 6.26. The number of rotatable bonds is 8. The first-order chi connectivity index (χ1) is 7.56. The van der Waals surface area contributed by atoms with Gasteiger partial charge in [0.15, 0.2) is 5.22 Å². The number of hydrogen-bond acceptors (Lipinski definition) is 4. The van der Waals surface area contributed by atoms with Crippen LogP contribution in [0.25, 0.3) is 0 Å². The SMILES string of the molecule is CCOC(=O)C([SiH3])(OCC)C(CC)OCC. The van der Waals surface area contributed by atoms with Gasteiger partial charge in [0.2, 0.25) is 0 Å². The van der Waals surface area contributed by atoms with Gasteiger partial charge in [-0.25, -0.2) is 4.79 Å². The lowest BCUT2D eigenvalue weighted by Gasteiger charge is -2.34. The van der Waals surface area contributed by atoms with Crippen molar-refractivity contribution in [3.05, 3.63) is 0 Å². The van der Waals surface area contributed by atoms with Gasteiger partial charge in [-0.3, -0.25) is 0 Å². The summed E-state index contributed by atoms with van der Waals surface area (Å²) in [6, 6.07) is 0. The molecule has 0 aromatic heterocycles. The number of carbonyl (C=O) groups is 1. The van der Waals surface area contributed by atoms with Crippen LogP contribution in [0, 0.1) is 0 Å². The molecule has 0 bridgehead atoms. The summed E-state index contributed by atoms with van der Waals surface area (Å²) in [7, 11) is 0.561. The summed E-state index contributed by atoms with van der Waals surface area (Å²) < 4.78 is 16.3. The van der Waals surface area contributed by atoms with Crippen LogP contribution in [0.4, 0.5) is 0 Å². The zero-order valence-electron chi connectivity index (χ0n) is 11.0. The van der Waals surface area contributed by atoms with Crippen LogP contribution in [0.1, 0.15) is 34.1 Å². The maximum Gasteiger partial charge on any atom is 0.336 e. The molecule has 0 N–H and O–H groups in total. The van der Waals surface area contributed by atoms with E-state index in [1.165, 1.54) is 0 Å². The standard InChI is InChI=1S/C11H24O4Si/c1-5-9(13-6-2)11(16,15-8-4)10(12)14-7-3/h9H,5-8H2,1-4,16H3. The first kappa shape index (κ1) is 15.6. The van der Waals surface area contributed by atoms with E-state index in [1.807, 2.05) is 20.8 Å². The molecule has 16 heavy (non-hydrogen) atoms. The summed E-state index contributed by atoms with van der Waals surface area (Å²) in [6.07, 6.45) is 0.541. The van der Waals surface area contributed by atoms with Crippen molar-refractivity contribution < 1.29 is 19.0 Å². The summed E-state index contributed by atoms with van der Waals surface area (Å²) in [5.41, 5.74) is 0. The number of ether oxygens (including phenoxy) is 3. The van der Waals surface area contributed by atoms with Crippen LogP contribution < -0.4 is 0 Å². The molecule has 0 fully saturated rings. The minimum absolute atomic E-state index is 0.205. The fourth-order valence-corrected chi connectivity index (χ4v) is 2.73. The molecule has 2 unspecified atom stereocenters. The van der Waals surface area contributed by atoms with Crippen molar-refractivity contribution in [3.8, 4) is 0 Å². The van der Waals surface area contributed by atoms with Crippen molar-refractivity contribution in [3.63, 3.8) is 0 Å². The summed E-state index contributed by atoms with van der Waals surface area (Å²) in [5, 5.41) is -0.866. The first-order valence-corrected chi connectivity index (χ1v) is 6.99. The highest BCUT2D eigenvalue weighted by Crippen LogP contribution is 2.20. The molecule has 0 heterocycles. The zero-order valence-corrected chi connectivity index (χ0v) is 13.0. The molecule has 0 saturated heterocycles. The molecule has 0 aliphatic carbocycles. The van der Waals surface area contributed by atoms with Crippen LogP contribution in [0.3, 0.4) is 0 Å². The molecule has 5 heteroatoms. The van der Waals surface area contributed by atoms with Crippen molar-refractivity contribution in [2.45, 2.75) is 45.4 Å². The molecule has 0 radical (unpaired) electrons. The van der Waals surface area contributed by atoms with Gasteiger partial charge in [0.25, 0.3) is 0 Å². The van der Waals surface area contributed by atoms with E-state index in [-0.39, 0.29) is 12.1 Å². The van der Waals surface area contributed by atoms with Crippen LogP contribution in [0.2, 0.25) is 0 Å². The Hall–Kier alpha value is -0.393. The van der Waals surface area contributed by atoms with E-state index >= 15 is 0 Å². The second kappa shape index (κ2) is 7.81. The van der Waals surface area contributed by atoms with Crippen LogP contribution in [-0.4, -0.2) is 47.4 Å². The second-order valence-corrected chi connectivity index (χ2v) is 5.10. The lowest BCUT2D eigenvalue weighted by atomic mass is 10.1. The van der Waals surface area contributed by atoms with Crippen LogP contribution >= 0.6 is 0 Å². The minimum atomic E-state index is -0.866. The minimum Gasteiger partial charge on any atom is -0.464 e. The smallest absolute Gasteiger partial charge is 0.336 e. The summed E-state index contributed by atoms with van der Waals surface area (Å²) in [5.74, 6) is -0.288. The maximum atomic E-state index is 11.9. The van der Waals surface area contributed by atoms with Crippen molar-refractivity contribution in [2.24, 2.45) is 0 Å². The molecule has 2 atom stereocenters. The maximum absolute atomic E-state index is 11.9. The molecule has 4 nitrogen and oxygen atoms in total. The average Bonchev–Trinajstić information content (AvgIpc) is 2.26. The van der Waals surface area contributed by atoms with E-state index in [9.17, 15) is 4.79 Å². The molecule has 0 saturated carbocycles. The van der Waals surface area contributed by atoms with Gasteiger partial charge in [-0.15, -0.1) is 0 Å². The Labute approximate surface area is 101 Å². The Morgan fingerprint density at radius 2 is 1.81 bits per heavy atom. The number of hydrogen-bond donors (Lipinski definition) is 0. The third-order valence-electron chi connectivity index (χ3n) is 2.48. The average molecular weight is 248 g/mol. The Bertz CT molecular complexity index is 210. The van der Waals surface area contributed by atoms with Gasteiger partial charge >= 0.3 is 5.97 Å². The van der Waals surface area contributed by atoms with Crippen LogP contribution in [0.15, 0.2) is 0 Å². The molecule has 96 valence electrons. The van der Waals surface area contributed by atoms with Crippen molar-refractivity contribution in [1.29, 1.82) is 0 Å². The number of esters is 1. The Kier molecular flexibility index (Phi) is 7.62. The van der Waals surface area contributed by atoms with E-state index < -0.39 is 5.22 Å². The normalized spacial score (nSPS) is 16.8. The molecule has 0 amide bonds. The van der Waals surface area contributed by atoms with E-state index in [2.05, 4.69) is 0 Å². The van der Waals surface area contributed by atoms with Crippen LogP contribution in [0.5, 0.6) is 0 Å². The molecule has 0 aromatic carbocycles. The van der Waals surface area contributed by atoms with Gasteiger partial charge in [0.05, 0.1) is 23.0 Å². The summed E-state index contributed by atoms with van der Waals surface area (Å²) >= 11 is 0. The quantitative estimate of drug-likeness (QED) is 0.462. The molecule has 0 aromatic rings. The third kappa shape index (κ3) is 3.88. The third-order valence-corrected chi connectivity index (χ3v) is 3.82. The number of carbonyl (C=O) groups excluding carboxylic acids is 1. The van der Waals surface area contributed by atoms with Crippen molar-refractivity contribution >= 4 is 16.2 Å². The Morgan fingerprint density at radius 3 is 2.19 bits per heavy atom. The van der Waals surface area contributed by atoms with Crippen LogP contribution in [-0.2, 0) is 19.0 Å². The highest BCUT2D eigenvalue weighted by Gasteiger charge is 2.43. The van der Waals surface area contributed by atoms with E-state index in [0.717, 1.165) is 6.42 Å². The molecule has 0 rings (SSSR count). The first-order valence-electron chi connectivity index (χ1n) is 5.99. The van der Waals surface area contributed by atoms with E-state index in [1.54, 1.807) is 6.92 Å². The second-order valence-electron chi connectivity index (χ2n) is 3.61. The summed E-state index contributed by atoms with van der Waals surface area (Å²) in [4.78, 5) is 11.9. The monoisotopic (exact) mass is 248 g/mol. The summed E-state index contributed by atoms with van der Waals surface area (Å²) in [6.45, 7) is 9.03. The topological polar surface area (TPSA) is 44.8 Å². The largest absolute Gasteiger partial charge is 0.464 e. The molecular formula is C11H24O4Si. The Morgan fingerprint density at radius 1 is 1.19 bits per heavy atom.